The van der Waals surface area contributed by atoms with Crippen molar-refractivity contribution >= 4 is 5.88 Å². The van der Waals surface area contributed by atoms with Gasteiger partial charge in [-0.15, -0.1) is 0 Å². The zero-order chi connectivity index (χ0) is 13.5. The van der Waals surface area contributed by atoms with Crippen LogP contribution in [0.3, 0.4) is 0 Å². The van der Waals surface area contributed by atoms with Crippen LogP contribution in [0.15, 0.2) is 28.9 Å². The molecule has 0 radical (unpaired) electrons. The summed E-state index contributed by atoms with van der Waals surface area (Å²) in [6, 6.07) is 5.76. The predicted molar refractivity (Wildman–Crippen MR) is 76.6 cm³/mol. The first-order valence-corrected chi connectivity index (χ1v) is 6.98. The largest absolute Gasteiger partial charge is 0.367 e. The first-order valence-electron chi connectivity index (χ1n) is 6.98. The topological polar surface area (TPSA) is 64.9 Å². The minimum absolute atomic E-state index is 0.363. The molecule has 0 aliphatic rings. The Morgan fingerprint density at radius 2 is 2.00 bits per heavy atom. The average Bonchev–Trinajstić information content (AvgIpc) is 2.81. The monoisotopic (exact) mass is 259 g/mol. The number of pyridine rings is 1. The minimum atomic E-state index is 0.363. The van der Waals surface area contributed by atoms with Crippen molar-refractivity contribution in [2.45, 2.75) is 45.4 Å². The molecular formula is C15H21N3O. The zero-order valence-electron chi connectivity index (χ0n) is 11.4. The summed E-state index contributed by atoms with van der Waals surface area (Å²) in [5.74, 6) is 0.363. The standard InChI is InChI=1S/C15H21N3O/c1-2-3-4-5-6-10-13-14(15(16)19-18-13)12-9-7-8-11-17-12/h7-9,11H,2-6,10,16H2,1H3. The second-order valence-electron chi connectivity index (χ2n) is 4.75. The van der Waals surface area contributed by atoms with Crippen LogP contribution in [0.5, 0.6) is 0 Å². The van der Waals surface area contributed by atoms with Gasteiger partial charge >= 0.3 is 0 Å². The lowest BCUT2D eigenvalue weighted by Crippen LogP contribution is -1.93. The Hall–Kier alpha value is -1.84. The molecule has 2 rings (SSSR count). The molecule has 2 aromatic heterocycles. The van der Waals surface area contributed by atoms with Gasteiger partial charge in [-0.3, -0.25) is 4.98 Å². The number of anilines is 1. The first kappa shape index (κ1) is 13.6. The predicted octanol–water partition coefficient (Wildman–Crippen LogP) is 3.83. The first-order chi connectivity index (χ1) is 9.33. The summed E-state index contributed by atoms with van der Waals surface area (Å²) in [6.07, 6.45) is 8.84. The second-order valence-corrected chi connectivity index (χ2v) is 4.75. The maximum atomic E-state index is 5.86. The third-order valence-corrected chi connectivity index (χ3v) is 3.23. The quantitative estimate of drug-likeness (QED) is 0.767. The summed E-state index contributed by atoms with van der Waals surface area (Å²) < 4.78 is 5.12. The van der Waals surface area contributed by atoms with Crippen molar-refractivity contribution in [3.8, 4) is 11.3 Å². The molecule has 0 spiro atoms. The van der Waals surface area contributed by atoms with Gasteiger partial charge in [0.15, 0.2) is 0 Å². The highest BCUT2D eigenvalue weighted by Gasteiger charge is 2.15. The summed E-state index contributed by atoms with van der Waals surface area (Å²) in [6.45, 7) is 2.22. The molecule has 102 valence electrons. The van der Waals surface area contributed by atoms with Crippen LogP contribution in [0, 0.1) is 0 Å². The van der Waals surface area contributed by atoms with E-state index in [1.807, 2.05) is 18.2 Å². The molecule has 0 saturated carbocycles. The van der Waals surface area contributed by atoms with Gasteiger partial charge in [0, 0.05) is 6.20 Å². The second kappa shape index (κ2) is 6.92. The van der Waals surface area contributed by atoms with E-state index < -0.39 is 0 Å². The number of rotatable bonds is 7. The molecule has 2 heterocycles. The van der Waals surface area contributed by atoms with Crippen molar-refractivity contribution < 1.29 is 4.52 Å². The molecule has 0 bridgehead atoms. The Bertz CT molecular complexity index is 493. The molecule has 4 nitrogen and oxygen atoms in total. The third-order valence-electron chi connectivity index (χ3n) is 3.23. The highest BCUT2D eigenvalue weighted by atomic mass is 16.5. The fourth-order valence-corrected chi connectivity index (χ4v) is 2.19. The summed E-state index contributed by atoms with van der Waals surface area (Å²) in [7, 11) is 0. The van der Waals surface area contributed by atoms with Gasteiger partial charge < -0.3 is 10.3 Å². The Morgan fingerprint density at radius 3 is 2.74 bits per heavy atom. The molecule has 0 aliphatic carbocycles. The number of aryl methyl sites for hydroxylation is 1. The van der Waals surface area contributed by atoms with E-state index in [0.29, 0.717) is 5.88 Å². The van der Waals surface area contributed by atoms with Gasteiger partial charge in [0.2, 0.25) is 5.88 Å². The molecular weight excluding hydrogens is 238 g/mol. The summed E-state index contributed by atoms with van der Waals surface area (Å²) >= 11 is 0. The van der Waals surface area contributed by atoms with Gasteiger partial charge in [-0.05, 0) is 25.0 Å². The van der Waals surface area contributed by atoms with Crippen LogP contribution < -0.4 is 5.73 Å². The van der Waals surface area contributed by atoms with E-state index in [-0.39, 0.29) is 0 Å². The lowest BCUT2D eigenvalue weighted by atomic mass is 10.0. The van der Waals surface area contributed by atoms with Gasteiger partial charge in [-0.2, -0.15) is 0 Å². The Kier molecular flexibility index (Phi) is 4.95. The minimum Gasteiger partial charge on any atom is -0.367 e. The van der Waals surface area contributed by atoms with Crippen molar-refractivity contribution in [2.24, 2.45) is 0 Å². The van der Waals surface area contributed by atoms with Crippen LogP contribution >= 0.6 is 0 Å². The number of nitrogens with two attached hydrogens (primary N) is 1. The number of aromatic nitrogens is 2. The van der Waals surface area contributed by atoms with Crippen molar-refractivity contribution in [3.63, 3.8) is 0 Å². The smallest absolute Gasteiger partial charge is 0.231 e. The number of nitrogen functional groups attached to an aromatic ring is 1. The van der Waals surface area contributed by atoms with Crippen molar-refractivity contribution in [1.29, 1.82) is 0 Å². The van der Waals surface area contributed by atoms with Gasteiger partial charge in [0.25, 0.3) is 0 Å². The van der Waals surface area contributed by atoms with Crippen molar-refractivity contribution in [3.05, 3.63) is 30.1 Å². The van der Waals surface area contributed by atoms with Crippen LogP contribution in [0.1, 0.15) is 44.7 Å². The van der Waals surface area contributed by atoms with Gasteiger partial charge in [0.1, 0.15) is 0 Å². The molecule has 4 heteroatoms. The maximum absolute atomic E-state index is 5.86. The number of hydrogen-bond acceptors (Lipinski definition) is 4. The average molecular weight is 259 g/mol. The molecule has 0 saturated heterocycles. The molecule has 0 fully saturated rings. The lowest BCUT2D eigenvalue weighted by molar-refractivity contribution is 0.426. The van der Waals surface area contributed by atoms with Crippen molar-refractivity contribution in [2.75, 3.05) is 5.73 Å². The highest BCUT2D eigenvalue weighted by molar-refractivity contribution is 5.71. The van der Waals surface area contributed by atoms with Crippen LogP contribution in [0.4, 0.5) is 5.88 Å². The van der Waals surface area contributed by atoms with Crippen molar-refractivity contribution in [1.82, 2.24) is 10.1 Å². The molecule has 2 aromatic rings. The normalized spacial score (nSPS) is 10.8. The van der Waals surface area contributed by atoms with E-state index in [4.69, 9.17) is 10.3 Å². The maximum Gasteiger partial charge on any atom is 0.231 e. The molecule has 0 amide bonds. The number of nitrogens with zero attached hydrogens (tertiary/aromatic N) is 2. The molecule has 0 aliphatic heterocycles. The summed E-state index contributed by atoms with van der Waals surface area (Å²) in [4.78, 5) is 4.32. The molecule has 0 atom stereocenters. The molecule has 0 unspecified atom stereocenters. The van der Waals surface area contributed by atoms with Crippen LogP contribution in [-0.2, 0) is 6.42 Å². The van der Waals surface area contributed by atoms with E-state index in [9.17, 15) is 0 Å². The van der Waals surface area contributed by atoms with E-state index in [0.717, 1.165) is 29.8 Å². The zero-order valence-corrected chi connectivity index (χ0v) is 11.4. The lowest BCUT2D eigenvalue weighted by Gasteiger charge is -2.02. The van der Waals surface area contributed by atoms with Gasteiger partial charge in [-0.1, -0.05) is 43.8 Å². The van der Waals surface area contributed by atoms with Crippen LogP contribution in [0.2, 0.25) is 0 Å². The summed E-state index contributed by atoms with van der Waals surface area (Å²) in [5.41, 5.74) is 8.48. The Morgan fingerprint density at radius 1 is 1.16 bits per heavy atom. The Balaban J connectivity index is 2.02. The molecule has 19 heavy (non-hydrogen) atoms. The Labute approximate surface area is 114 Å². The fourth-order valence-electron chi connectivity index (χ4n) is 2.19. The van der Waals surface area contributed by atoms with Gasteiger partial charge in [-0.25, -0.2) is 0 Å². The van der Waals surface area contributed by atoms with Crippen LogP contribution in [-0.4, -0.2) is 10.1 Å². The van der Waals surface area contributed by atoms with E-state index in [1.165, 1.54) is 25.7 Å². The fraction of sp³-hybridized carbons (Fsp3) is 0.467. The third kappa shape index (κ3) is 3.56. The number of unbranched alkanes of at least 4 members (excludes halogenated alkanes) is 4. The molecule has 2 N–H and O–H groups in total. The van der Waals surface area contributed by atoms with E-state index in [1.54, 1.807) is 6.20 Å². The summed E-state index contributed by atoms with van der Waals surface area (Å²) in [5, 5.41) is 4.07. The number of hydrogen-bond donors (Lipinski definition) is 1. The highest BCUT2D eigenvalue weighted by Crippen LogP contribution is 2.28. The van der Waals surface area contributed by atoms with Crippen LogP contribution in [0.25, 0.3) is 11.3 Å². The van der Waals surface area contributed by atoms with E-state index in [2.05, 4.69) is 17.1 Å². The molecule has 0 aromatic carbocycles. The van der Waals surface area contributed by atoms with Gasteiger partial charge in [0.05, 0.1) is 17.0 Å². The van der Waals surface area contributed by atoms with E-state index >= 15 is 0 Å². The SMILES string of the molecule is CCCCCCCc1noc(N)c1-c1ccccn1.